The van der Waals surface area contributed by atoms with E-state index >= 15 is 0 Å². The van der Waals surface area contributed by atoms with Gasteiger partial charge in [0.25, 0.3) is 0 Å². The maximum Gasteiger partial charge on any atom is 0.162 e. The Morgan fingerprint density at radius 2 is 2.19 bits per heavy atom. The van der Waals surface area contributed by atoms with Gasteiger partial charge in [0.05, 0.1) is 18.0 Å². The lowest BCUT2D eigenvalue weighted by molar-refractivity contribution is 0.101. The molecule has 0 aliphatic rings. The zero-order chi connectivity index (χ0) is 11.7. The Balaban J connectivity index is 2.85. The van der Waals surface area contributed by atoms with Gasteiger partial charge in [-0.2, -0.15) is 0 Å². The molecule has 84 valence electrons. The molecule has 0 aliphatic heterocycles. The lowest BCUT2D eigenvalue weighted by atomic mass is 10.1. The second-order valence-corrected chi connectivity index (χ2v) is 3.74. The van der Waals surface area contributed by atoms with E-state index in [4.69, 9.17) is 4.74 Å². The molecule has 1 aromatic heterocycles. The fourth-order valence-corrected chi connectivity index (χ4v) is 2.02. The zero-order valence-corrected chi connectivity index (χ0v) is 9.78. The maximum absolute atomic E-state index is 11.6. The molecule has 2 aromatic rings. The molecule has 0 N–H and O–H groups in total. The van der Waals surface area contributed by atoms with Crippen molar-refractivity contribution in [3.8, 4) is 5.75 Å². The number of Topliss-reactive ketones (excluding diaryl/α,β-unsaturated/α-hetero) is 1. The summed E-state index contributed by atoms with van der Waals surface area (Å²) in [5.74, 6) is 0.830. The highest BCUT2D eigenvalue weighted by Crippen LogP contribution is 2.30. The lowest BCUT2D eigenvalue weighted by Gasteiger charge is -2.04. The second-order valence-electron chi connectivity index (χ2n) is 3.74. The van der Waals surface area contributed by atoms with Crippen LogP contribution in [0, 0.1) is 0 Å². The summed E-state index contributed by atoms with van der Waals surface area (Å²) in [4.78, 5) is 11.6. The van der Waals surface area contributed by atoms with Crippen molar-refractivity contribution >= 4 is 16.7 Å². The molecule has 0 aliphatic carbocycles. The third-order valence-electron chi connectivity index (χ3n) is 2.81. The molecule has 16 heavy (non-hydrogen) atoms. The van der Waals surface area contributed by atoms with Crippen LogP contribution in [0.4, 0.5) is 0 Å². The van der Waals surface area contributed by atoms with Crippen LogP contribution in [0.2, 0.25) is 0 Å². The van der Waals surface area contributed by atoms with Crippen LogP contribution in [0.5, 0.6) is 5.75 Å². The van der Waals surface area contributed by atoms with E-state index in [-0.39, 0.29) is 5.78 Å². The molecule has 1 aromatic carbocycles. The summed E-state index contributed by atoms with van der Waals surface area (Å²) in [6, 6.07) is 5.83. The molecular formula is C13H15NO2. The summed E-state index contributed by atoms with van der Waals surface area (Å²) in [7, 11) is 1.63. The van der Waals surface area contributed by atoms with E-state index in [1.165, 1.54) is 0 Å². The van der Waals surface area contributed by atoms with Crippen molar-refractivity contribution in [2.45, 2.75) is 20.4 Å². The number of rotatable bonds is 3. The SMILES string of the molecule is CCn1cc(C(C)=O)c2c(OC)cccc21. The molecule has 0 amide bonds. The molecular weight excluding hydrogens is 202 g/mol. The molecule has 0 spiro atoms. The Kier molecular flexibility index (Phi) is 2.69. The van der Waals surface area contributed by atoms with Crippen LogP contribution in [0.25, 0.3) is 10.9 Å². The third kappa shape index (κ3) is 1.48. The number of methoxy groups -OCH3 is 1. The summed E-state index contributed by atoms with van der Waals surface area (Å²) in [5, 5.41) is 0.916. The van der Waals surface area contributed by atoms with Crippen LogP contribution in [0.3, 0.4) is 0 Å². The number of benzene rings is 1. The third-order valence-corrected chi connectivity index (χ3v) is 2.81. The topological polar surface area (TPSA) is 31.2 Å². The number of ketones is 1. The van der Waals surface area contributed by atoms with E-state index in [9.17, 15) is 4.79 Å². The van der Waals surface area contributed by atoms with Gasteiger partial charge in [0, 0.05) is 18.3 Å². The Morgan fingerprint density at radius 1 is 1.44 bits per heavy atom. The average molecular weight is 217 g/mol. The molecule has 2 rings (SSSR count). The number of hydrogen-bond donors (Lipinski definition) is 0. The number of carbonyl (C=O) groups excluding carboxylic acids is 1. The first-order valence-corrected chi connectivity index (χ1v) is 5.35. The first-order chi connectivity index (χ1) is 7.69. The zero-order valence-electron chi connectivity index (χ0n) is 9.78. The molecule has 0 radical (unpaired) electrons. The first-order valence-electron chi connectivity index (χ1n) is 5.35. The fourth-order valence-electron chi connectivity index (χ4n) is 2.02. The molecule has 0 saturated heterocycles. The van der Waals surface area contributed by atoms with Gasteiger partial charge in [-0.05, 0) is 26.0 Å². The number of hydrogen-bond acceptors (Lipinski definition) is 2. The highest BCUT2D eigenvalue weighted by molar-refractivity contribution is 6.09. The highest BCUT2D eigenvalue weighted by atomic mass is 16.5. The van der Waals surface area contributed by atoms with Crippen molar-refractivity contribution in [1.82, 2.24) is 4.57 Å². The normalized spacial score (nSPS) is 10.7. The Morgan fingerprint density at radius 3 is 2.75 bits per heavy atom. The van der Waals surface area contributed by atoms with Crippen LogP contribution in [0.15, 0.2) is 24.4 Å². The van der Waals surface area contributed by atoms with E-state index in [2.05, 4.69) is 11.5 Å². The minimum absolute atomic E-state index is 0.0710. The van der Waals surface area contributed by atoms with E-state index in [0.717, 1.165) is 28.8 Å². The number of carbonyl (C=O) groups is 1. The van der Waals surface area contributed by atoms with Gasteiger partial charge in [-0.25, -0.2) is 0 Å². The molecule has 0 unspecified atom stereocenters. The van der Waals surface area contributed by atoms with Crippen LogP contribution >= 0.6 is 0 Å². The maximum atomic E-state index is 11.6. The molecule has 3 nitrogen and oxygen atoms in total. The first kappa shape index (κ1) is 10.7. The predicted octanol–water partition coefficient (Wildman–Crippen LogP) is 2.87. The van der Waals surface area contributed by atoms with E-state index in [1.807, 2.05) is 24.4 Å². The number of ether oxygens (including phenoxy) is 1. The number of fused-ring (bicyclic) bond motifs is 1. The lowest BCUT2D eigenvalue weighted by Crippen LogP contribution is -1.92. The molecule has 1 heterocycles. The van der Waals surface area contributed by atoms with Gasteiger partial charge in [-0.1, -0.05) is 6.07 Å². The van der Waals surface area contributed by atoms with Crippen molar-refractivity contribution in [1.29, 1.82) is 0 Å². The van der Waals surface area contributed by atoms with Gasteiger partial charge >= 0.3 is 0 Å². The van der Waals surface area contributed by atoms with Gasteiger partial charge < -0.3 is 9.30 Å². The number of aromatic nitrogens is 1. The molecule has 3 heteroatoms. The molecule has 0 atom stereocenters. The smallest absolute Gasteiger partial charge is 0.162 e. The summed E-state index contributed by atoms with van der Waals surface area (Å²) >= 11 is 0. The molecule has 0 saturated carbocycles. The van der Waals surface area contributed by atoms with E-state index in [1.54, 1.807) is 14.0 Å². The molecule has 0 fully saturated rings. The van der Waals surface area contributed by atoms with Crippen molar-refractivity contribution in [2.24, 2.45) is 0 Å². The highest BCUT2D eigenvalue weighted by Gasteiger charge is 2.14. The van der Waals surface area contributed by atoms with Crippen LogP contribution in [0.1, 0.15) is 24.2 Å². The van der Waals surface area contributed by atoms with Gasteiger partial charge in [-0.3, -0.25) is 4.79 Å². The molecule has 0 bridgehead atoms. The minimum atomic E-state index is 0.0710. The predicted molar refractivity (Wildman–Crippen MR) is 64.2 cm³/mol. The minimum Gasteiger partial charge on any atom is -0.496 e. The monoisotopic (exact) mass is 217 g/mol. The Bertz CT molecular complexity index is 540. The summed E-state index contributed by atoms with van der Waals surface area (Å²) in [5.41, 5.74) is 1.78. The van der Waals surface area contributed by atoms with Gasteiger partial charge in [0.2, 0.25) is 0 Å². The van der Waals surface area contributed by atoms with Crippen molar-refractivity contribution in [2.75, 3.05) is 7.11 Å². The van der Waals surface area contributed by atoms with E-state index < -0.39 is 0 Å². The van der Waals surface area contributed by atoms with Crippen LogP contribution in [-0.2, 0) is 6.54 Å². The number of nitrogens with zero attached hydrogens (tertiary/aromatic N) is 1. The van der Waals surface area contributed by atoms with Crippen LogP contribution < -0.4 is 4.74 Å². The Hall–Kier alpha value is -1.77. The summed E-state index contributed by atoms with van der Waals surface area (Å²) in [6.07, 6.45) is 1.90. The second kappa shape index (κ2) is 4.00. The van der Waals surface area contributed by atoms with Crippen molar-refractivity contribution < 1.29 is 9.53 Å². The van der Waals surface area contributed by atoms with Crippen molar-refractivity contribution in [3.05, 3.63) is 30.0 Å². The van der Waals surface area contributed by atoms with Gasteiger partial charge in [-0.15, -0.1) is 0 Å². The fraction of sp³-hybridized carbons (Fsp3) is 0.308. The van der Waals surface area contributed by atoms with Gasteiger partial charge in [0.15, 0.2) is 5.78 Å². The van der Waals surface area contributed by atoms with E-state index in [0.29, 0.717) is 0 Å². The van der Waals surface area contributed by atoms with Crippen LogP contribution in [-0.4, -0.2) is 17.5 Å². The standard InChI is InChI=1S/C13H15NO2/c1-4-14-8-10(9(2)15)13-11(14)6-5-7-12(13)16-3/h5-8H,4H2,1-3H3. The quantitative estimate of drug-likeness (QED) is 0.740. The van der Waals surface area contributed by atoms with Crippen molar-refractivity contribution in [3.63, 3.8) is 0 Å². The number of aryl methyl sites for hydroxylation is 1. The summed E-state index contributed by atoms with van der Waals surface area (Å²) in [6.45, 7) is 4.49. The Labute approximate surface area is 94.6 Å². The largest absolute Gasteiger partial charge is 0.496 e. The van der Waals surface area contributed by atoms with Gasteiger partial charge in [0.1, 0.15) is 5.75 Å². The average Bonchev–Trinajstić information content (AvgIpc) is 2.67. The summed E-state index contributed by atoms with van der Waals surface area (Å²) < 4.78 is 7.37.